The maximum atomic E-state index is 12.7. The quantitative estimate of drug-likeness (QED) is 0.509. The molecule has 0 unspecified atom stereocenters. The molecule has 0 saturated carbocycles. The van der Waals surface area contributed by atoms with E-state index in [2.05, 4.69) is 25.7 Å². The minimum atomic E-state index is 0.0631. The Balaban J connectivity index is 1.29. The molecule has 1 amide bonds. The second-order valence-electron chi connectivity index (χ2n) is 9.94. The molecule has 6 nitrogen and oxygen atoms in total. The Hall–Kier alpha value is -2.51. The number of piperazine rings is 1. The van der Waals surface area contributed by atoms with E-state index in [0.717, 1.165) is 53.9 Å². The molecule has 0 bridgehead atoms. The number of hydrogen-bond donors (Lipinski definition) is 0. The second kappa shape index (κ2) is 10.0. The van der Waals surface area contributed by atoms with Crippen molar-refractivity contribution in [3.8, 4) is 0 Å². The summed E-state index contributed by atoms with van der Waals surface area (Å²) in [6.07, 6.45) is 3.50. The van der Waals surface area contributed by atoms with Gasteiger partial charge in [0.25, 0.3) is 0 Å². The summed E-state index contributed by atoms with van der Waals surface area (Å²) in [6, 6.07) is 9.98. The molecule has 1 aliphatic carbocycles. The number of hydrogen-bond acceptors (Lipinski definition) is 6. The van der Waals surface area contributed by atoms with E-state index in [-0.39, 0.29) is 18.4 Å². The fourth-order valence-corrected chi connectivity index (χ4v) is 6.30. The first-order valence-electron chi connectivity index (χ1n) is 12.5. The Morgan fingerprint density at radius 3 is 2.65 bits per heavy atom. The van der Waals surface area contributed by atoms with Crippen LogP contribution in [0.3, 0.4) is 0 Å². The Morgan fingerprint density at radius 1 is 1.15 bits per heavy atom. The van der Waals surface area contributed by atoms with E-state index >= 15 is 0 Å². The molecular weight excluding hydrogens is 444 g/mol. The maximum Gasteiger partial charge on any atom is 0.248 e. The molecule has 1 aromatic carbocycles. The summed E-state index contributed by atoms with van der Waals surface area (Å²) in [5, 5.41) is 1.27. The molecule has 1 aliphatic heterocycles. The van der Waals surface area contributed by atoms with Crippen molar-refractivity contribution in [2.45, 2.75) is 52.6 Å². The van der Waals surface area contributed by atoms with Gasteiger partial charge in [0.05, 0.1) is 12.0 Å². The summed E-state index contributed by atoms with van der Waals surface area (Å²) in [7, 11) is 0. The standard InChI is InChI=1S/C27H34N4O2S/c1-18(2)25-28-26(24-21-10-9-19(3)15-22(21)34-27(24)29-25)31-13-11-30(12-14-31)23(32)17-33-16-20-7-5-4-6-8-20/h4-8,18-19H,9-17H2,1-3H3/t19-/m0/s1. The molecule has 180 valence electrons. The van der Waals surface area contributed by atoms with Crippen molar-refractivity contribution in [1.82, 2.24) is 14.9 Å². The molecule has 0 N–H and O–H groups in total. The lowest BCUT2D eigenvalue weighted by molar-refractivity contribution is -0.136. The molecule has 1 saturated heterocycles. The van der Waals surface area contributed by atoms with Crippen molar-refractivity contribution >= 4 is 33.3 Å². The van der Waals surface area contributed by atoms with Crippen LogP contribution in [-0.4, -0.2) is 53.6 Å². The van der Waals surface area contributed by atoms with Gasteiger partial charge in [0.1, 0.15) is 23.1 Å². The van der Waals surface area contributed by atoms with E-state index in [4.69, 9.17) is 14.7 Å². The number of nitrogens with zero attached hydrogens (tertiary/aromatic N) is 4. The van der Waals surface area contributed by atoms with Crippen molar-refractivity contribution in [3.63, 3.8) is 0 Å². The molecule has 3 heterocycles. The molecular formula is C27H34N4O2S. The van der Waals surface area contributed by atoms with Crippen LogP contribution >= 0.6 is 11.3 Å². The van der Waals surface area contributed by atoms with E-state index in [1.54, 1.807) is 0 Å². The zero-order valence-corrected chi connectivity index (χ0v) is 21.2. The van der Waals surface area contributed by atoms with Gasteiger partial charge >= 0.3 is 0 Å². The zero-order valence-electron chi connectivity index (χ0n) is 20.4. The molecule has 2 aromatic heterocycles. The predicted octanol–water partition coefficient (Wildman–Crippen LogP) is 4.80. The van der Waals surface area contributed by atoms with E-state index in [1.165, 1.54) is 22.2 Å². The van der Waals surface area contributed by atoms with Gasteiger partial charge in [-0.2, -0.15) is 0 Å². The number of carbonyl (C=O) groups excluding carboxylic acids is 1. The number of benzene rings is 1. The molecule has 1 atom stereocenters. The van der Waals surface area contributed by atoms with Crippen molar-refractivity contribution in [1.29, 1.82) is 0 Å². The Kier molecular flexibility index (Phi) is 6.84. The highest BCUT2D eigenvalue weighted by molar-refractivity contribution is 7.19. The number of amides is 1. The molecule has 2 aliphatic rings. The van der Waals surface area contributed by atoms with E-state index in [0.29, 0.717) is 19.7 Å². The summed E-state index contributed by atoms with van der Waals surface area (Å²) in [5.41, 5.74) is 2.55. The molecule has 1 fully saturated rings. The minimum absolute atomic E-state index is 0.0631. The topological polar surface area (TPSA) is 58.6 Å². The lowest BCUT2D eigenvalue weighted by atomic mass is 9.89. The number of aromatic nitrogens is 2. The number of aryl methyl sites for hydroxylation is 1. The van der Waals surface area contributed by atoms with E-state index in [9.17, 15) is 4.79 Å². The van der Waals surface area contributed by atoms with Gasteiger partial charge in [-0.3, -0.25) is 4.79 Å². The summed E-state index contributed by atoms with van der Waals surface area (Å²) >= 11 is 1.87. The smallest absolute Gasteiger partial charge is 0.248 e. The summed E-state index contributed by atoms with van der Waals surface area (Å²) < 4.78 is 5.68. The number of thiophene rings is 1. The third kappa shape index (κ3) is 4.82. The van der Waals surface area contributed by atoms with Gasteiger partial charge in [0.15, 0.2) is 0 Å². The zero-order chi connectivity index (χ0) is 23.7. The number of anilines is 1. The van der Waals surface area contributed by atoms with Gasteiger partial charge in [-0.15, -0.1) is 11.3 Å². The molecule has 5 rings (SSSR count). The number of ether oxygens (including phenoxy) is 1. The highest BCUT2D eigenvalue weighted by Crippen LogP contribution is 2.41. The number of carbonyl (C=O) groups is 1. The fourth-order valence-electron chi connectivity index (χ4n) is 4.92. The van der Waals surface area contributed by atoms with E-state index in [1.807, 2.05) is 46.6 Å². The van der Waals surface area contributed by atoms with Gasteiger partial charge in [-0.05, 0) is 36.3 Å². The van der Waals surface area contributed by atoms with Crippen LogP contribution in [0.2, 0.25) is 0 Å². The van der Waals surface area contributed by atoms with Crippen LogP contribution in [0.4, 0.5) is 5.82 Å². The van der Waals surface area contributed by atoms with Crippen molar-refractivity contribution in [2.24, 2.45) is 5.92 Å². The Bertz CT molecular complexity index is 1150. The summed E-state index contributed by atoms with van der Waals surface area (Å²) in [6.45, 7) is 10.2. The first-order chi connectivity index (χ1) is 16.5. The lowest BCUT2D eigenvalue weighted by Gasteiger charge is -2.36. The van der Waals surface area contributed by atoms with E-state index < -0.39 is 0 Å². The molecule has 0 radical (unpaired) electrons. The predicted molar refractivity (Wildman–Crippen MR) is 138 cm³/mol. The monoisotopic (exact) mass is 478 g/mol. The van der Waals surface area contributed by atoms with Gasteiger partial charge in [0, 0.05) is 37.0 Å². The van der Waals surface area contributed by atoms with Gasteiger partial charge in [0.2, 0.25) is 5.91 Å². The SMILES string of the molecule is CC(C)c1nc(N2CCN(C(=O)COCc3ccccc3)CC2)c2c3c(sc2n1)C[C@@H](C)CC3. The first kappa shape index (κ1) is 23.2. The maximum absolute atomic E-state index is 12.7. The largest absolute Gasteiger partial charge is 0.367 e. The van der Waals surface area contributed by atoms with Crippen molar-refractivity contribution in [3.05, 3.63) is 52.2 Å². The molecule has 34 heavy (non-hydrogen) atoms. The fraction of sp³-hybridized carbons (Fsp3) is 0.519. The van der Waals surface area contributed by atoms with Crippen molar-refractivity contribution < 1.29 is 9.53 Å². The summed E-state index contributed by atoms with van der Waals surface area (Å²) in [4.78, 5) is 29.7. The Morgan fingerprint density at radius 2 is 1.91 bits per heavy atom. The van der Waals surface area contributed by atoms with Gasteiger partial charge < -0.3 is 14.5 Å². The number of rotatable bonds is 6. The third-order valence-electron chi connectivity index (χ3n) is 6.94. The van der Waals surface area contributed by atoms with Crippen LogP contribution < -0.4 is 4.90 Å². The van der Waals surface area contributed by atoms with Crippen LogP contribution in [0.1, 0.15) is 54.9 Å². The lowest BCUT2D eigenvalue weighted by Crippen LogP contribution is -2.50. The van der Waals surface area contributed by atoms with Gasteiger partial charge in [-0.25, -0.2) is 9.97 Å². The second-order valence-corrected chi connectivity index (χ2v) is 11.0. The normalized spacial score (nSPS) is 18.5. The molecule has 0 spiro atoms. The highest BCUT2D eigenvalue weighted by atomic mass is 32.1. The summed E-state index contributed by atoms with van der Waals surface area (Å²) in [5.74, 6) is 3.08. The van der Waals surface area contributed by atoms with Crippen LogP contribution in [0, 0.1) is 5.92 Å². The third-order valence-corrected chi connectivity index (χ3v) is 8.09. The van der Waals surface area contributed by atoms with Crippen LogP contribution in [0.5, 0.6) is 0 Å². The average molecular weight is 479 g/mol. The average Bonchev–Trinajstić information content (AvgIpc) is 3.21. The first-order valence-corrected chi connectivity index (χ1v) is 13.3. The van der Waals surface area contributed by atoms with Crippen LogP contribution in [0.15, 0.2) is 30.3 Å². The van der Waals surface area contributed by atoms with Crippen LogP contribution in [0.25, 0.3) is 10.2 Å². The van der Waals surface area contributed by atoms with Crippen LogP contribution in [-0.2, 0) is 29.0 Å². The Labute approximate surface area is 206 Å². The van der Waals surface area contributed by atoms with Gasteiger partial charge in [-0.1, -0.05) is 51.1 Å². The highest BCUT2D eigenvalue weighted by Gasteiger charge is 2.29. The van der Waals surface area contributed by atoms with Crippen molar-refractivity contribution in [2.75, 3.05) is 37.7 Å². The minimum Gasteiger partial charge on any atom is -0.367 e. The molecule has 7 heteroatoms. The molecule has 3 aromatic rings. The number of fused-ring (bicyclic) bond motifs is 3.